The number of carbonyl (C=O) groups is 1. The van der Waals surface area contributed by atoms with E-state index in [1.165, 1.54) is 11.3 Å². The lowest BCUT2D eigenvalue weighted by Crippen LogP contribution is -2.30. The van der Waals surface area contributed by atoms with Crippen molar-refractivity contribution < 1.29 is 4.79 Å². The molecule has 68 valence electrons. The van der Waals surface area contributed by atoms with Crippen LogP contribution in [0, 0.1) is 11.3 Å². The van der Waals surface area contributed by atoms with Gasteiger partial charge in [-0.2, -0.15) is 5.26 Å². The number of amides is 1. The van der Waals surface area contributed by atoms with Crippen molar-refractivity contribution in [1.82, 2.24) is 5.32 Å². The van der Waals surface area contributed by atoms with Crippen LogP contribution in [0.3, 0.4) is 0 Å². The number of halogens is 1. The first kappa shape index (κ1) is 10.0. The van der Waals surface area contributed by atoms with Gasteiger partial charge in [0, 0.05) is 5.38 Å². The number of hydrogen-bond acceptors (Lipinski definition) is 3. The van der Waals surface area contributed by atoms with Crippen molar-refractivity contribution in [2.45, 2.75) is 13.0 Å². The summed E-state index contributed by atoms with van der Waals surface area (Å²) in [6.45, 7) is 1.62. The standard InChI is InChI=1S/C8H7ClN2OS/c1-5(3-10)11-8(12)6-2-7(9)13-4-6/h2,4-5H,1H3,(H,11,12)/t5-/m0/s1. The molecule has 0 aliphatic carbocycles. The topological polar surface area (TPSA) is 52.9 Å². The second-order valence-electron chi connectivity index (χ2n) is 2.46. The maximum atomic E-state index is 11.3. The van der Waals surface area contributed by atoms with Crippen molar-refractivity contribution in [3.8, 4) is 6.07 Å². The van der Waals surface area contributed by atoms with E-state index in [-0.39, 0.29) is 5.91 Å². The third kappa shape index (κ3) is 2.72. The molecule has 0 fully saturated rings. The third-order valence-electron chi connectivity index (χ3n) is 1.37. The second-order valence-corrected chi connectivity index (χ2v) is 4.01. The SMILES string of the molecule is C[C@@H](C#N)NC(=O)c1csc(Cl)c1. The first-order valence-electron chi connectivity index (χ1n) is 3.58. The highest BCUT2D eigenvalue weighted by Gasteiger charge is 2.10. The first-order valence-corrected chi connectivity index (χ1v) is 4.83. The van der Waals surface area contributed by atoms with Gasteiger partial charge in [-0.1, -0.05) is 11.6 Å². The molecule has 0 saturated heterocycles. The van der Waals surface area contributed by atoms with Crippen molar-refractivity contribution in [1.29, 1.82) is 5.26 Å². The highest BCUT2D eigenvalue weighted by atomic mass is 35.5. The van der Waals surface area contributed by atoms with Gasteiger partial charge in [0.05, 0.1) is 16.0 Å². The van der Waals surface area contributed by atoms with Crippen LogP contribution in [0.25, 0.3) is 0 Å². The highest BCUT2D eigenvalue weighted by Crippen LogP contribution is 2.19. The zero-order chi connectivity index (χ0) is 9.84. The molecule has 1 amide bonds. The molecular weight excluding hydrogens is 208 g/mol. The molecule has 0 bridgehead atoms. The van der Waals surface area contributed by atoms with Gasteiger partial charge in [-0.05, 0) is 13.0 Å². The van der Waals surface area contributed by atoms with Gasteiger partial charge in [-0.3, -0.25) is 4.79 Å². The molecule has 5 heteroatoms. The van der Waals surface area contributed by atoms with Gasteiger partial charge in [-0.15, -0.1) is 11.3 Å². The lowest BCUT2D eigenvalue weighted by molar-refractivity contribution is 0.0948. The van der Waals surface area contributed by atoms with E-state index in [9.17, 15) is 4.79 Å². The van der Waals surface area contributed by atoms with Gasteiger partial charge in [0.2, 0.25) is 0 Å². The van der Waals surface area contributed by atoms with Gasteiger partial charge >= 0.3 is 0 Å². The highest BCUT2D eigenvalue weighted by molar-refractivity contribution is 7.14. The Morgan fingerprint density at radius 2 is 2.54 bits per heavy atom. The minimum atomic E-state index is -0.480. The molecule has 1 atom stereocenters. The van der Waals surface area contributed by atoms with E-state index in [4.69, 9.17) is 16.9 Å². The molecule has 1 rings (SSSR count). The summed E-state index contributed by atoms with van der Waals surface area (Å²) in [6, 6.07) is 3.01. The van der Waals surface area contributed by atoms with Crippen LogP contribution in [0.2, 0.25) is 4.34 Å². The Balaban J connectivity index is 2.65. The van der Waals surface area contributed by atoms with Crippen LogP contribution in [0.15, 0.2) is 11.4 Å². The van der Waals surface area contributed by atoms with Gasteiger partial charge < -0.3 is 5.32 Å². The van der Waals surface area contributed by atoms with E-state index < -0.39 is 6.04 Å². The predicted molar refractivity (Wildman–Crippen MR) is 51.9 cm³/mol. The minimum absolute atomic E-state index is 0.266. The summed E-state index contributed by atoms with van der Waals surface area (Å²) in [5.41, 5.74) is 0.497. The summed E-state index contributed by atoms with van der Waals surface area (Å²) in [7, 11) is 0. The van der Waals surface area contributed by atoms with Crippen LogP contribution >= 0.6 is 22.9 Å². The summed E-state index contributed by atoms with van der Waals surface area (Å²) in [5, 5.41) is 12.6. The maximum Gasteiger partial charge on any atom is 0.253 e. The fourth-order valence-electron chi connectivity index (χ4n) is 0.741. The normalized spacial score (nSPS) is 11.8. The smallest absolute Gasteiger partial charge is 0.253 e. The molecule has 0 spiro atoms. The molecule has 1 aromatic rings. The Morgan fingerprint density at radius 1 is 1.85 bits per heavy atom. The zero-order valence-electron chi connectivity index (χ0n) is 6.87. The van der Waals surface area contributed by atoms with Crippen molar-refractivity contribution in [3.05, 3.63) is 21.3 Å². The fourth-order valence-corrected chi connectivity index (χ4v) is 1.60. The van der Waals surface area contributed by atoms with Crippen LogP contribution in [0.5, 0.6) is 0 Å². The predicted octanol–water partition coefficient (Wildman–Crippen LogP) is 2.04. The average molecular weight is 215 g/mol. The van der Waals surface area contributed by atoms with Crippen molar-refractivity contribution in [3.63, 3.8) is 0 Å². The lowest BCUT2D eigenvalue weighted by Gasteiger charge is -2.03. The Kier molecular flexibility index (Phi) is 3.29. The number of rotatable bonds is 2. The Labute approximate surface area is 84.9 Å². The molecule has 0 saturated carbocycles. The molecule has 1 heterocycles. The molecule has 1 aromatic heterocycles. The molecule has 3 nitrogen and oxygen atoms in total. The minimum Gasteiger partial charge on any atom is -0.337 e. The molecule has 0 unspecified atom stereocenters. The second kappa shape index (κ2) is 4.26. The van der Waals surface area contributed by atoms with E-state index in [1.807, 2.05) is 6.07 Å². The van der Waals surface area contributed by atoms with Crippen molar-refractivity contribution >= 4 is 28.8 Å². The lowest BCUT2D eigenvalue weighted by atomic mass is 10.3. The van der Waals surface area contributed by atoms with Crippen molar-refractivity contribution in [2.24, 2.45) is 0 Å². The Hall–Kier alpha value is -1.05. The summed E-state index contributed by atoms with van der Waals surface area (Å²) in [4.78, 5) is 11.3. The molecule has 0 aliphatic heterocycles. The van der Waals surface area contributed by atoms with E-state index in [0.29, 0.717) is 9.90 Å². The van der Waals surface area contributed by atoms with E-state index in [1.54, 1.807) is 18.4 Å². The number of thiophene rings is 1. The molecule has 0 radical (unpaired) electrons. The first-order chi connectivity index (χ1) is 6.13. The third-order valence-corrected chi connectivity index (χ3v) is 2.46. The molecular formula is C8H7ClN2OS. The maximum absolute atomic E-state index is 11.3. The zero-order valence-corrected chi connectivity index (χ0v) is 8.45. The number of carbonyl (C=O) groups excluding carboxylic acids is 1. The van der Waals surface area contributed by atoms with Gasteiger partial charge in [0.1, 0.15) is 6.04 Å². The molecule has 0 aromatic carbocycles. The Bertz CT molecular complexity index is 355. The monoisotopic (exact) mass is 214 g/mol. The van der Waals surface area contributed by atoms with Crippen LogP contribution < -0.4 is 5.32 Å². The van der Waals surface area contributed by atoms with Gasteiger partial charge in [0.15, 0.2) is 0 Å². The van der Waals surface area contributed by atoms with Crippen LogP contribution in [-0.2, 0) is 0 Å². The average Bonchev–Trinajstić information content (AvgIpc) is 2.51. The largest absolute Gasteiger partial charge is 0.337 e. The van der Waals surface area contributed by atoms with Crippen molar-refractivity contribution in [2.75, 3.05) is 0 Å². The van der Waals surface area contributed by atoms with E-state index in [0.717, 1.165) is 0 Å². The van der Waals surface area contributed by atoms with Crippen LogP contribution in [-0.4, -0.2) is 11.9 Å². The quantitative estimate of drug-likeness (QED) is 0.819. The summed E-state index contributed by atoms with van der Waals surface area (Å²) < 4.78 is 0.565. The number of nitrogens with zero attached hydrogens (tertiary/aromatic N) is 1. The van der Waals surface area contributed by atoms with Crippen LogP contribution in [0.1, 0.15) is 17.3 Å². The molecule has 1 N–H and O–H groups in total. The molecule has 0 aliphatic rings. The fraction of sp³-hybridized carbons (Fsp3) is 0.250. The summed E-state index contributed by atoms with van der Waals surface area (Å²) in [6.07, 6.45) is 0. The summed E-state index contributed by atoms with van der Waals surface area (Å²) in [5.74, 6) is -0.266. The number of hydrogen-bond donors (Lipinski definition) is 1. The Morgan fingerprint density at radius 3 is 3.00 bits per heavy atom. The summed E-state index contributed by atoms with van der Waals surface area (Å²) >= 11 is 6.94. The van der Waals surface area contributed by atoms with E-state index >= 15 is 0 Å². The van der Waals surface area contributed by atoms with Gasteiger partial charge in [0.25, 0.3) is 5.91 Å². The van der Waals surface area contributed by atoms with Crippen LogP contribution in [0.4, 0.5) is 0 Å². The number of nitrogens with one attached hydrogen (secondary N) is 1. The van der Waals surface area contributed by atoms with Gasteiger partial charge in [-0.25, -0.2) is 0 Å². The molecule has 13 heavy (non-hydrogen) atoms. The van der Waals surface area contributed by atoms with E-state index in [2.05, 4.69) is 5.32 Å². The number of nitriles is 1.